The molecule has 156 valence electrons. The Balaban J connectivity index is 1.49. The third kappa shape index (κ3) is 3.68. The van der Waals surface area contributed by atoms with Crippen molar-refractivity contribution in [1.82, 2.24) is 0 Å². The smallest absolute Gasteiger partial charge is 0.314 e. The lowest BCUT2D eigenvalue weighted by atomic mass is 9.91. The number of amides is 3. The van der Waals surface area contributed by atoms with Crippen LogP contribution in [0, 0.1) is 0 Å². The molecule has 0 fully saturated rings. The molecular weight excluding hydrogens is 386 g/mol. The Kier molecular flexibility index (Phi) is 5.31. The number of carbonyl (C=O) groups excluding carboxylic acids is 3. The quantitative estimate of drug-likeness (QED) is 0.757. The number of nitrogens with one attached hydrogen (secondary N) is 2. The van der Waals surface area contributed by atoms with Crippen molar-refractivity contribution in [2.45, 2.75) is 25.7 Å². The lowest BCUT2D eigenvalue weighted by Crippen LogP contribution is -2.39. The molecule has 30 heavy (non-hydrogen) atoms. The molecule has 2 heterocycles. The lowest BCUT2D eigenvalue weighted by molar-refractivity contribution is -0.133. The number of aryl methyl sites for hydroxylation is 2. The summed E-state index contributed by atoms with van der Waals surface area (Å²) in [5.41, 5.74) is 4.02. The molecule has 8 heteroatoms. The molecule has 0 atom stereocenters. The van der Waals surface area contributed by atoms with Crippen molar-refractivity contribution in [2.24, 2.45) is 0 Å². The number of methoxy groups -OCH3 is 2. The van der Waals surface area contributed by atoms with Gasteiger partial charge in [-0.3, -0.25) is 14.4 Å². The predicted octanol–water partition coefficient (Wildman–Crippen LogP) is 2.51. The molecule has 0 radical (unpaired) electrons. The van der Waals surface area contributed by atoms with Gasteiger partial charge in [0.25, 0.3) is 0 Å². The van der Waals surface area contributed by atoms with Gasteiger partial charge >= 0.3 is 11.8 Å². The maximum Gasteiger partial charge on any atom is 0.314 e. The second-order valence-corrected chi connectivity index (χ2v) is 7.27. The highest BCUT2D eigenvalue weighted by Crippen LogP contribution is 2.38. The van der Waals surface area contributed by atoms with Gasteiger partial charge in [-0.15, -0.1) is 0 Å². The fourth-order valence-electron chi connectivity index (χ4n) is 4.02. The summed E-state index contributed by atoms with van der Waals surface area (Å²) in [6, 6.07) is 8.56. The van der Waals surface area contributed by atoms with Crippen molar-refractivity contribution in [3.05, 3.63) is 41.5 Å². The summed E-state index contributed by atoms with van der Waals surface area (Å²) in [4.78, 5) is 38.8. The number of ether oxygens (including phenoxy) is 2. The zero-order valence-electron chi connectivity index (χ0n) is 16.9. The van der Waals surface area contributed by atoms with Gasteiger partial charge < -0.3 is 25.0 Å². The van der Waals surface area contributed by atoms with Gasteiger partial charge in [0, 0.05) is 30.4 Å². The summed E-state index contributed by atoms with van der Waals surface area (Å²) >= 11 is 0. The van der Waals surface area contributed by atoms with Gasteiger partial charge in [-0.1, -0.05) is 0 Å². The number of hydrogen-bond acceptors (Lipinski definition) is 5. The summed E-state index contributed by atoms with van der Waals surface area (Å²) < 4.78 is 10.4. The zero-order chi connectivity index (χ0) is 21.3. The average Bonchev–Trinajstić information content (AvgIpc) is 2.76. The fraction of sp³-hybridized carbons (Fsp3) is 0.318. The summed E-state index contributed by atoms with van der Waals surface area (Å²) in [7, 11) is 3.01. The molecule has 0 saturated carbocycles. The number of rotatable bonds is 4. The van der Waals surface area contributed by atoms with E-state index in [1.54, 1.807) is 18.2 Å². The Morgan fingerprint density at radius 1 is 0.867 bits per heavy atom. The molecule has 0 unspecified atom stereocenters. The summed E-state index contributed by atoms with van der Waals surface area (Å²) in [6.07, 6.45) is 2.83. The van der Waals surface area contributed by atoms with E-state index in [-0.39, 0.29) is 5.91 Å². The molecule has 2 aromatic carbocycles. The minimum absolute atomic E-state index is 0.148. The van der Waals surface area contributed by atoms with Gasteiger partial charge in [0.1, 0.15) is 0 Å². The number of hydrogen-bond donors (Lipinski definition) is 2. The highest BCUT2D eigenvalue weighted by Gasteiger charge is 2.30. The van der Waals surface area contributed by atoms with Crippen LogP contribution in [0.2, 0.25) is 0 Å². The first-order valence-electron chi connectivity index (χ1n) is 9.80. The van der Waals surface area contributed by atoms with E-state index >= 15 is 0 Å². The number of benzene rings is 2. The molecule has 0 aliphatic carbocycles. The molecule has 3 amide bonds. The van der Waals surface area contributed by atoms with Crippen LogP contribution in [0.25, 0.3) is 0 Å². The number of nitrogens with zero attached hydrogens (tertiary/aromatic N) is 1. The number of anilines is 3. The van der Waals surface area contributed by atoms with Crippen molar-refractivity contribution in [3.8, 4) is 11.5 Å². The van der Waals surface area contributed by atoms with Crippen molar-refractivity contribution in [3.63, 3.8) is 0 Å². The van der Waals surface area contributed by atoms with Gasteiger partial charge in [-0.25, -0.2) is 0 Å². The van der Waals surface area contributed by atoms with Crippen LogP contribution in [0.3, 0.4) is 0 Å². The van der Waals surface area contributed by atoms with E-state index in [1.807, 2.05) is 17.0 Å². The van der Waals surface area contributed by atoms with Crippen LogP contribution in [0.15, 0.2) is 30.3 Å². The van der Waals surface area contributed by atoms with Crippen LogP contribution in [-0.4, -0.2) is 38.5 Å². The van der Waals surface area contributed by atoms with Crippen LogP contribution in [0.4, 0.5) is 17.1 Å². The van der Waals surface area contributed by atoms with Gasteiger partial charge in [-0.05, 0) is 54.7 Å². The van der Waals surface area contributed by atoms with Crippen LogP contribution in [0.5, 0.6) is 11.5 Å². The molecular formula is C22H23N3O5. The lowest BCUT2D eigenvalue weighted by Gasteiger charge is -2.35. The van der Waals surface area contributed by atoms with E-state index in [9.17, 15) is 14.4 Å². The first kappa shape index (κ1) is 19.8. The van der Waals surface area contributed by atoms with Gasteiger partial charge in [0.2, 0.25) is 5.91 Å². The fourth-order valence-corrected chi connectivity index (χ4v) is 4.02. The molecule has 8 nitrogen and oxygen atoms in total. The molecule has 2 aliphatic rings. The van der Waals surface area contributed by atoms with E-state index in [0.717, 1.165) is 36.2 Å². The largest absolute Gasteiger partial charge is 0.493 e. The standard InChI is InChI=1S/C22H23N3O5/c1-29-17-7-6-15(12-18(17)30-2)23-21(27)22(28)24-16-10-13-4-3-9-25-19(26)8-5-14(11-16)20(13)25/h6-7,10-12H,3-5,8-9H2,1-2H3,(H,23,27)(H,24,28). The molecule has 2 aliphatic heterocycles. The Morgan fingerprint density at radius 2 is 1.53 bits per heavy atom. The Labute approximate surface area is 174 Å². The normalized spacial score (nSPS) is 14.6. The van der Waals surface area contributed by atoms with Crippen LogP contribution < -0.4 is 25.0 Å². The topological polar surface area (TPSA) is 97.0 Å². The molecule has 2 aromatic rings. The van der Waals surface area contributed by atoms with Crippen molar-refractivity contribution >= 4 is 34.8 Å². The second-order valence-electron chi connectivity index (χ2n) is 7.27. The minimum Gasteiger partial charge on any atom is -0.493 e. The monoisotopic (exact) mass is 409 g/mol. The third-order valence-corrected chi connectivity index (χ3v) is 5.38. The Hall–Kier alpha value is -3.55. The number of carbonyl (C=O) groups is 3. The molecule has 0 bridgehead atoms. The SMILES string of the molecule is COc1ccc(NC(=O)C(=O)Nc2cc3c4c(c2)CCC(=O)N4CCC3)cc1OC. The Morgan fingerprint density at radius 3 is 2.23 bits per heavy atom. The van der Waals surface area contributed by atoms with E-state index in [1.165, 1.54) is 14.2 Å². The van der Waals surface area contributed by atoms with Crippen LogP contribution in [-0.2, 0) is 27.2 Å². The molecule has 0 spiro atoms. The average molecular weight is 409 g/mol. The first-order chi connectivity index (χ1) is 14.5. The van der Waals surface area contributed by atoms with E-state index in [2.05, 4.69) is 10.6 Å². The molecule has 0 aromatic heterocycles. The van der Waals surface area contributed by atoms with E-state index in [0.29, 0.717) is 35.7 Å². The van der Waals surface area contributed by atoms with E-state index < -0.39 is 11.8 Å². The van der Waals surface area contributed by atoms with Crippen molar-refractivity contribution < 1.29 is 23.9 Å². The molecule has 0 saturated heterocycles. The minimum atomic E-state index is -0.787. The van der Waals surface area contributed by atoms with Gasteiger partial charge in [-0.2, -0.15) is 0 Å². The highest BCUT2D eigenvalue weighted by molar-refractivity contribution is 6.43. The Bertz CT molecular complexity index is 1020. The third-order valence-electron chi connectivity index (χ3n) is 5.38. The maximum absolute atomic E-state index is 12.4. The predicted molar refractivity (Wildman–Crippen MR) is 112 cm³/mol. The second kappa shape index (κ2) is 8.06. The van der Waals surface area contributed by atoms with Crippen molar-refractivity contribution in [1.29, 1.82) is 0 Å². The van der Waals surface area contributed by atoms with Crippen LogP contribution in [0.1, 0.15) is 24.0 Å². The van der Waals surface area contributed by atoms with E-state index in [4.69, 9.17) is 9.47 Å². The molecule has 4 rings (SSSR count). The van der Waals surface area contributed by atoms with Gasteiger partial charge in [0.15, 0.2) is 11.5 Å². The maximum atomic E-state index is 12.4. The zero-order valence-corrected chi connectivity index (χ0v) is 16.9. The summed E-state index contributed by atoms with van der Waals surface area (Å²) in [5.74, 6) is -0.435. The van der Waals surface area contributed by atoms with Gasteiger partial charge in [0.05, 0.1) is 19.9 Å². The van der Waals surface area contributed by atoms with Crippen molar-refractivity contribution in [2.75, 3.05) is 36.3 Å². The molecule has 2 N–H and O–H groups in total. The summed E-state index contributed by atoms with van der Waals surface area (Å²) in [6.45, 7) is 0.734. The van der Waals surface area contributed by atoms with Crippen LogP contribution >= 0.6 is 0 Å². The first-order valence-corrected chi connectivity index (χ1v) is 9.80. The summed E-state index contributed by atoms with van der Waals surface area (Å²) in [5, 5.41) is 5.24. The highest BCUT2D eigenvalue weighted by atomic mass is 16.5.